The second-order valence-corrected chi connectivity index (χ2v) is 5.12. The molecule has 0 saturated heterocycles. The van der Waals surface area contributed by atoms with E-state index in [1.807, 2.05) is 36.4 Å². The maximum absolute atomic E-state index is 5.78. The number of benzene rings is 2. The average molecular weight is 297 g/mol. The van der Waals surface area contributed by atoms with E-state index < -0.39 is 0 Å². The Labute approximate surface area is 127 Å². The maximum atomic E-state index is 5.78. The summed E-state index contributed by atoms with van der Waals surface area (Å²) in [5.41, 5.74) is 8.37. The van der Waals surface area contributed by atoms with Crippen LogP contribution in [0.2, 0.25) is 0 Å². The van der Waals surface area contributed by atoms with Gasteiger partial charge in [-0.05, 0) is 35.9 Å². The average Bonchev–Trinajstić information content (AvgIpc) is 3.00. The molecule has 2 aliphatic rings. The third kappa shape index (κ3) is 2.39. The molecule has 2 heterocycles. The number of amidine groups is 1. The minimum Gasteiger partial charge on any atom is -0.484 e. The van der Waals surface area contributed by atoms with E-state index in [1.165, 1.54) is 0 Å². The summed E-state index contributed by atoms with van der Waals surface area (Å²) < 4.78 is 16.3. The Morgan fingerprint density at radius 2 is 1.86 bits per heavy atom. The molecule has 0 atom stereocenters. The Morgan fingerprint density at radius 3 is 2.82 bits per heavy atom. The Balaban J connectivity index is 1.50. The number of nitrogen functional groups attached to an aromatic ring is 1. The third-order valence-corrected chi connectivity index (χ3v) is 3.54. The predicted octanol–water partition coefficient (Wildman–Crippen LogP) is 2.40. The number of ether oxygens (including phenoxy) is 3. The first kappa shape index (κ1) is 12.8. The highest BCUT2D eigenvalue weighted by Gasteiger charge is 2.15. The molecule has 6 heteroatoms. The van der Waals surface area contributed by atoms with E-state index in [2.05, 4.69) is 10.3 Å². The van der Waals surface area contributed by atoms with Gasteiger partial charge in [0.05, 0.1) is 12.2 Å². The second-order valence-electron chi connectivity index (χ2n) is 5.12. The molecule has 22 heavy (non-hydrogen) atoms. The molecule has 0 aromatic heterocycles. The summed E-state index contributed by atoms with van der Waals surface area (Å²) in [7, 11) is 0. The van der Waals surface area contributed by atoms with Gasteiger partial charge >= 0.3 is 0 Å². The van der Waals surface area contributed by atoms with E-state index >= 15 is 0 Å². The highest BCUT2D eigenvalue weighted by atomic mass is 16.7. The first-order valence-corrected chi connectivity index (χ1v) is 6.99. The molecular weight excluding hydrogens is 282 g/mol. The molecule has 2 aromatic carbocycles. The Morgan fingerprint density at radius 1 is 1.00 bits per heavy atom. The summed E-state index contributed by atoms with van der Waals surface area (Å²) in [5, 5.41) is 3.25. The summed E-state index contributed by atoms with van der Waals surface area (Å²) >= 11 is 0. The van der Waals surface area contributed by atoms with Crippen LogP contribution >= 0.6 is 0 Å². The van der Waals surface area contributed by atoms with Crippen molar-refractivity contribution in [1.82, 2.24) is 0 Å². The van der Waals surface area contributed by atoms with Crippen molar-refractivity contribution in [2.45, 2.75) is 6.54 Å². The van der Waals surface area contributed by atoms with Gasteiger partial charge in [-0.15, -0.1) is 0 Å². The van der Waals surface area contributed by atoms with Gasteiger partial charge in [0.25, 0.3) is 0 Å². The maximum Gasteiger partial charge on any atom is 0.231 e. The fourth-order valence-electron chi connectivity index (χ4n) is 2.42. The third-order valence-electron chi connectivity index (χ3n) is 3.54. The highest BCUT2D eigenvalue weighted by molar-refractivity contribution is 6.00. The van der Waals surface area contributed by atoms with Crippen LogP contribution in [0, 0.1) is 0 Å². The molecule has 0 fully saturated rings. The van der Waals surface area contributed by atoms with E-state index in [0.717, 1.165) is 34.3 Å². The number of rotatable bonds is 2. The zero-order chi connectivity index (χ0) is 14.9. The molecule has 0 bridgehead atoms. The van der Waals surface area contributed by atoms with E-state index in [9.17, 15) is 0 Å². The van der Waals surface area contributed by atoms with Crippen LogP contribution in [0.1, 0.15) is 5.56 Å². The van der Waals surface area contributed by atoms with E-state index in [4.69, 9.17) is 19.9 Å². The van der Waals surface area contributed by atoms with E-state index in [0.29, 0.717) is 18.8 Å². The van der Waals surface area contributed by atoms with Crippen LogP contribution in [0.25, 0.3) is 0 Å². The number of hydrogen-bond acceptors (Lipinski definition) is 5. The number of anilines is 2. The van der Waals surface area contributed by atoms with Crippen LogP contribution in [-0.4, -0.2) is 19.2 Å². The lowest BCUT2D eigenvalue weighted by atomic mass is 10.2. The molecule has 0 spiro atoms. The standard InChI is InChI=1S/C16H15N3O3/c17-11-2-4-13-12(6-11)19-16(8-20-13)18-7-10-1-3-14-15(5-10)22-9-21-14/h1-6H,7-9,17H2,(H,18,19). The largest absolute Gasteiger partial charge is 0.484 e. The summed E-state index contributed by atoms with van der Waals surface area (Å²) in [6, 6.07) is 11.3. The van der Waals surface area contributed by atoms with Crippen molar-refractivity contribution in [3.8, 4) is 17.2 Å². The Hall–Kier alpha value is -2.89. The number of fused-ring (bicyclic) bond motifs is 2. The minimum absolute atomic E-state index is 0.279. The lowest BCUT2D eigenvalue weighted by Gasteiger charge is -2.21. The van der Waals surface area contributed by atoms with E-state index in [1.54, 1.807) is 0 Å². The number of nitrogens with two attached hydrogens (primary N) is 1. The van der Waals surface area contributed by atoms with Gasteiger partial charge < -0.3 is 25.3 Å². The van der Waals surface area contributed by atoms with Gasteiger partial charge in [0, 0.05) is 5.69 Å². The number of nitrogens with zero attached hydrogens (tertiary/aromatic N) is 1. The monoisotopic (exact) mass is 297 g/mol. The Bertz CT molecular complexity index is 758. The molecule has 4 rings (SSSR count). The number of aliphatic imine (C=N–C) groups is 1. The van der Waals surface area contributed by atoms with Crippen molar-refractivity contribution in [2.24, 2.45) is 4.99 Å². The van der Waals surface area contributed by atoms with Crippen molar-refractivity contribution in [3.05, 3.63) is 42.0 Å². The van der Waals surface area contributed by atoms with Crippen molar-refractivity contribution in [3.63, 3.8) is 0 Å². The molecule has 0 aliphatic carbocycles. The van der Waals surface area contributed by atoms with Gasteiger partial charge in [0.1, 0.15) is 18.2 Å². The zero-order valence-electron chi connectivity index (χ0n) is 11.8. The van der Waals surface area contributed by atoms with Crippen molar-refractivity contribution < 1.29 is 14.2 Å². The summed E-state index contributed by atoms with van der Waals surface area (Å²) in [5.74, 6) is 3.11. The highest BCUT2D eigenvalue weighted by Crippen LogP contribution is 2.33. The topological polar surface area (TPSA) is 78.1 Å². The lowest BCUT2D eigenvalue weighted by molar-refractivity contribution is 0.174. The van der Waals surface area contributed by atoms with Gasteiger partial charge in [-0.1, -0.05) is 6.07 Å². The minimum atomic E-state index is 0.279. The van der Waals surface area contributed by atoms with E-state index in [-0.39, 0.29) is 6.79 Å². The Kier molecular flexibility index (Phi) is 3.00. The fourth-order valence-corrected chi connectivity index (χ4v) is 2.42. The molecule has 3 N–H and O–H groups in total. The fraction of sp³-hybridized carbons (Fsp3) is 0.188. The number of nitrogens with one attached hydrogen (secondary N) is 1. The SMILES string of the molecule is Nc1ccc2c(c1)NC(=NCc1ccc3c(c1)OCO3)CO2. The predicted molar refractivity (Wildman–Crippen MR) is 83.7 cm³/mol. The molecule has 0 radical (unpaired) electrons. The normalized spacial score (nSPS) is 16.8. The van der Waals surface area contributed by atoms with Crippen LogP contribution in [0.15, 0.2) is 41.4 Å². The molecule has 2 aliphatic heterocycles. The summed E-state index contributed by atoms with van der Waals surface area (Å²) in [4.78, 5) is 4.55. The molecular formula is C16H15N3O3. The zero-order valence-corrected chi connectivity index (χ0v) is 11.8. The first-order chi connectivity index (χ1) is 10.8. The van der Waals surface area contributed by atoms with Crippen molar-refractivity contribution >= 4 is 17.2 Å². The molecule has 2 aromatic rings. The van der Waals surface area contributed by atoms with Crippen LogP contribution < -0.4 is 25.3 Å². The second kappa shape index (κ2) is 5.14. The smallest absolute Gasteiger partial charge is 0.231 e. The number of hydrogen-bond donors (Lipinski definition) is 2. The summed E-state index contributed by atoms with van der Waals surface area (Å²) in [6.07, 6.45) is 0. The first-order valence-electron chi connectivity index (χ1n) is 6.99. The van der Waals surface area contributed by atoms with Gasteiger partial charge in [-0.2, -0.15) is 0 Å². The van der Waals surface area contributed by atoms with Gasteiger partial charge in [-0.25, -0.2) is 0 Å². The van der Waals surface area contributed by atoms with Gasteiger partial charge in [-0.3, -0.25) is 4.99 Å². The molecule has 0 unspecified atom stereocenters. The van der Waals surface area contributed by atoms with Crippen molar-refractivity contribution in [1.29, 1.82) is 0 Å². The van der Waals surface area contributed by atoms with Crippen LogP contribution in [-0.2, 0) is 6.54 Å². The van der Waals surface area contributed by atoms with Crippen LogP contribution in [0.4, 0.5) is 11.4 Å². The van der Waals surface area contributed by atoms with Crippen LogP contribution in [0.3, 0.4) is 0 Å². The van der Waals surface area contributed by atoms with Crippen LogP contribution in [0.5, 0.6) is 17.2 Å². The quantitative estimate of drug-likeness (QED) is 0.832. The molecule has 0 amide bonds. The van der Waals surface area contributed by atoms with Gasteiger partial charge in [0.2, 0.25) is 6.79 Å². The molecule has 0 saturated carbocycles. The molecule has 6 nitrogen and oxygen atoms in total. The van der Waals surface area contributed by atoms with Gasteiger partial charge in [0.15, 0.2) is 11.5 Å². The van der Waals surface area contributed by atoms with Crippen molar-refractivity contribution in [2.75, 3.05) is 24.5 Å². The molecule has 112 valence electrons. The lowest BCUT2D eigenvalue weighted by Crippen LogP contribution is -2.26. The summed E-state index contributed by atoms with van der Waals surface area (Å²) in [6.45, 7) is 1.24.